The van der Waals surface area contributed by atoms with E-state index in [2.05, 4.69) is 10.1 Å². The number of halogens is 3. The van der Waals surface area contributed by atoms with Crippen molar-refractivity contribution in [3.8, 4) is 11.8 Å². The lowest BCUT2D eigenvalue weighted by Gasteiger charge is -2.25. The average Bonchev–Trinajstić information content (AvgIpc) is 3.00. The highest BCUT2D eigenvalue weighted by Crippen LogP contribution is 2.31. The predicted octanol–water partition coefficient (Wildman–Crippen LogP) is 3.96. The van der Waals surface area contributed by atoms with E-state index >= 15 is 0 Å². The third kappa shape index (κ3) is 5.10. The summed E-state index contributed by atoms with van der Waals surface area (Å²) < 4.78 is 29.1. The summed E-state index contributed by atoms with van der Waals surface area (Å²) in [4.78, 5) is 41.0. The number of ether oxygens (including phenoxy) is 1. The fraction of sp³-hybridized carbons (Fsp3) is 0.304. The van der Waals surface area contributed by atoms with Gasteiger partial charge in [0.15, 0.2) is 0 Å². The lowest BCUT2D eigenvalue weighted by Crippen LogP contribution is -2.45. The lowest BCUT2D eigenvalue weighted by atomic mass is 9.92. The monoisotopic (exact) mass is 490 g/mol. The van der Waals surface area contributed by atoms with Crippen LogP contribution in [0.2, 0.25) is 5.02 Å². The van der Waals surface area contributed by atoms with Crippen molar-refractivity contribution in [2.24, 2.45) is 0 Å². The zero-order valence-corrected chi connectivity index (χ0v) is 19.1. The number of alkyl halides is 2. The number of nitrogens with one attached hydrogen (secondary N) is 1. The van der Waals surface area contributed by atoms with E-state index in [1.807, 2.05) is 6.07 Å². The van der Waals surface area contributed by atoms with Gasteiger partial charge in [0.05, 0.1) is 12.5 Å². The van der Waals surface area contributed by atoms with Gasteiger partial charge in [-0.2, -0.15) is 14.0 Å². The molecule has 1 heterocycles. The minimum Gasteiger partial charge on any atom is -0.435 e. The fourth-order valence-corrected chi connectivity index (χ4v) is 3.70. The second-order valence-electron chi connectivity index (χ2n) is 7.74. The Hall–Kier alpha value is -3.71. The minimum atomic E-state index is -3.00. The SMILES string of the molecule is Cc1cc(N(CCC#N)C(=O)CN2C(=O)NC(C)(c3ccc(OC(F)F)cc3)C2=O)ccc1Cl. The number of imide groups is 1. The van der Waals surface area contributed by atoms with Crippen LogP contribution in [0.4, 0.5) is 19.3 Å². The Morgan fingerprint density at radius 1 is 1.26 bits per heavy atom. The first-order valence-electron chi connectivity index (χ1n) is 10.2. The number of urea groups is 1. The molecule has 1 saturated heterocycles. The molecule has 0 spiro atoms. The summed E-state index contributed by atoms with van der Waals surface area (Å²) in [5, 5.41) is 12.0. The Kier molecular flexibility index (Phi) is 7.37. The normalized spacial score (nSPS) is 17.5. The second kappa shape index (κ2) is 10.1. The maximum Gasteiger partial charge on any atom is 0.387 e. The standard InChI is InChI=1S/C23H21ClF2N4O4/c1-14-12-16(6-9-18(14)24)29(11-3-10-27)19(31)13-30-20(32)23(2,28-22(30)33)15-4-7-17(8-5-15)34-21(25)26/h4-9,12,21H,3,11,13H2,1-2H3,(H,28,33). The van der Waals surface area contributed by atoms with Gasteiger partial charge in [-0.05, 0) is 55.3 Å². The van der Waals surface area contributed by atoms with Crippen LogP contribution in [-0.2, 0) is 15.1 Å². The molecule has 11 heteroatoms. The largest absolute Gasteiger partial charge is 0.435 e. The van der Waals surface area contributed by atoms with Gasteiger partial charge in [-0.25, -0.2) is 4.79 Å². The van der Waals surface area contributed by atoms with Crippen molar-refractivity contribution in [2.75, 3.05) is 18.0 Å². The minimum absolute atomic E-state index is 0.0400. The summed E-state index contributed by atoms with van der Waals surface area (Å²) in [5.74, 6) is -1.34. The number of rotatable bonds is 8. The summed E-state index contributed by atoms with van der Waals surface area (Å²) >= 11 is 6.06. The Morgan fingerprint density at radius 2 is 1.94 bits per heavy atom. The van der Waals surface area contributed by atoms with Crippen LogP contribution in [0.3, 0.4) is 0 Å². The van der Waals surface area contributed by atoms with Gasteiger partial charge in [-0.1, -0.05) is 23.7 Å². The van der Waals surface area contributed by atoms with Crippen molar-refractivity contribution < 1.29 is 27.9 Å². The molecule has 34 heavy (non-hydrogen) atoms. The zero-order chi connectivity index (χ0) is 25.0. The van der Waals surface area contributed by atoms with Crippen LogP contribution < -0.4 is 15.0 Å². The molecule has 1 fully saturated rings. The van der Waals surface area contributed by atoms with Crippen LogP contribution in [0.25, 0.3) is 0 Å². The maximum absolute atomic E-state index is 13.2. The number of amides is 4. The molecule has 0 aliphatic carbocycles. The molecule has 4 amide bonds. The van der Waals surface area contributed by atoms with E-state index in [1.54, 1.807) is 25.1 Å². The molecule has 0 radical (unpaired) electrons. The maximum atomic E-state index is 13.2. The third-order valence-electron chi connectivity index (χ3n) is 5.43. The number of aryl methyl sites for hydroxylation is 1. The van der Waals surface area contributed by atoms with Crippen molar-refractivity contribution in [1.29, 1.82) is 5.26 Å². The van der Waals surface area contributed by atoms with E-state index in [4.69, 9.17) is 16.9 Å². The van der Waals surface area contributed by atoms with E-state index in [9.17, 15) is 23.2 Å². The number of nitriles is 1. The number of hydrogen-bond acceptors (Lipinski definition) is 5. The van der Waals surface area contributed by atoms with E-state index in [0.717, 1.165) is 10.5 Å². The molecule has 1 N–H and O–H groups in total. The van der Waals surface area contributed by atoms with E-state index in [1.165, 1.54) is 36.1 Å². The van der Waals surface area contributed by atoms with Gasteiger partial charge in [-0.3, -0.25) is 14.5 Å². The van der Waals surface area contributed by atoms with E-state index in [0.29, 0.717) is 16.3 Å². The zero-order valence-electron chi connectivity index (χ0n) is 18.3. The molecular weight excluding hydrogens is 470 g/mol. The molecule has 1 aliphatic heterocycles. The predicted molar refractivity (Wildman–Crippen MR) is 119 cm³/mol. The molecule has 1 unspecified atom stereocenters. The average molecular weight is 491 g/mol. The van der Waals surface area contributed by atoms with Crippen LogP contribution in [0.1, 0.15) is 24.5 Å². The molecule has 0 bridgehead atoms. The van der Waals surface area contributed by atoms with Crippen molar-refractivity contribution in [1.82, 2.24) is 10.2 Å². The van der Waals surface area contributed by atoms with Gasteiger partial charge < -0.3 is 15.0 Å². The van der Waals surface area contributed by atoms with Crippen LogP contribution in [-0.4, -0.2) is 42.4 Å². The Morgan fingerprint density at radius 3 is 2.53 bits per heavy atom. The molecule has 178 valence electrons. The Labute approximate surface area is 199 Å². The summed E-state index contributed by atoms with van der Waals surface area (Å²) in [6, 6.07) is 11.4. The summed E-state index contributed by atoms with van der Waals surface area (Å²) in [5.41, 5.74) is 0.0224. The van der Waals surface area contributed by atoms with Gasteiger partial charge in [0.25, 0.3) is 5.91 Å². The van der Waals surface area contributed by atoms with Crippen LogP contribution in [0, 0.1) is 18.3 Å². The van der Waals surface area contributed by atoms with Gasteiger partial charge in [0.2, 0.25) is 5.91 Å². The summed E-state index contributed by atoms with van der Waals surface area (Å²) in [7, 11) is 0. The summed E-state index contributed by atoms with van der Waals surface area (Å²) in [6.07, 6.45) is 0.0400. The highest BCUT2D eigenvalue weighted by atomic mass is 35.5. The van der Waals surface area contributed by atoms with E-state index in [-0.39, 0.29) is 18.7 Å². The first-order valence-corrected chi connectivity index (χ1v) is 10.6. The Balaban J connectivity index is 1.81. The number of nitrogens with zero attached hydrogens (tertiary/aromatic N) is 3. The smallest absolute Gasteiger partial charge is 0.387 e. The fourth-order valence-electron chi connectivity index (χ4n) is 3.58. The van der Waals surface area contributed by atoms with Gasteiger partial charge in [-0.15, -0.1) is 0 Å². The molecule has 1 aliphatic rings. The van der Waals surface area contributed by atoms with Gasteiger partial charge >= 0.3 is 12.6 Å². The van der Waals surface area contributed by atoms with E-state index < -0.39 is 36.5 Å². The molecule has 0 aromatic heterocycles. The van der Waals surface area contributed by atoms with Crippen LogP contribution in [0.15, 0.2) is 42.5 Å². The lowest BCUT2D eigenvalue weighted by molar-refractivity contribution is -0.134. The number of anilines is 1. The highest BCUT2D eigenvalue weighted by Gasteiger charge is 2.49. The topological polar surface area (TPSA) is 103 Å². The number of hydrogen-bond donors (Lipinski definition) is 1. The van der Waals surface area contributed by atoms with Gasteiger partial charge in [0, 0.05) is 17.3 Å². The second-order valence-corrected chi connectivity index (χ2v) is 8.14. The number of carbonyl (C=O) groups excluding carboxylic acids is 3. The summed E-state index contributed by atoms with van der Waals surface area (Å²) in [6.45, 7) is -0.275. The quantitative estimate of drug-likeness (QED) is 0.564. The van der Waals surface area contributed by atoms with Crippen molar-refractivity contribution in [2.45, 2.75) is 32.4 Å². The van der Waals surface area contributed by atoms with Crippen LogP contribution >= 0.6 is 11.6 Å². The molecule has 2 aromatic rings. The first kappa shape index (κ1) is 24.9. The molecule has 2 aromatic carbocycles. The number of benzene rings is 2. The Bertz CT molecular complexity index is 1150. The van der Waals surface area contributed by atoms with Crippen molar-refractivity contribution >= 4 is 35.1 Å². The molecule has 8 nitrogen and oxygen atoms in total. The molecule has 3 rings (SSSR count). The van der Waals surface area contributed by atoms with Gasteiger partial charge in [0.1, 0.15) is 17.8 Å². The molecule has 0 saturated carbocycles. The highest BCUT2D eigenvalue weighted by molar-refractivity contribution is 6.31. The van der Waals surface area contributed by atoms with Crippen molar-refractivity contribution in [3.63, 3.8) is 0 Å². The first-order chi connectivity index (χ1) is 16.1. The molecule has 1 atom stereocenters. The third-order valence-corrected chi connectivity index (χ3v) is 5.85. The van der Waals surface area contributed by atoms with Crippen LogP contribution in [0.5, 0.6) is 5.75 Å². The van der Waals surface area contributed by atoms with Crippen molar-refractivity contribution in [3.05, 3.63) is 58.6 Å². The molecular formula is C23H21ClF2N4O4. The number of carbonyl (C=O) groups is 3.